The lowest BCUT2D eigenvalue weighted by Gasteiger charge is -2.06. The summed E-state index contributed by atoms with van der Waals surface area (Å²) in [5.41, 5.74) is 6.70. The molecule has 2 N–H and O–H groups in total. The molecule has 0 radical (unpaired) electrons. The smallest absolute Gasteiger partial charge is 0.201 e. The van der Waals surface area contributed by atoms with E-state index in [1.807, 2.05) is 6.07 Å². The Balaban J connectivity index is 2.37. The molecule has 2 aromatic rings. The van der Waals surface area contributed by atoms with Crippen molar-refractivity contribution in [3.05, 3.63) is 53.7 Å². The van der Waals surface area contributed by atoms with Gasteiger partial charge in [0.05, 0.1) is 23.1 Å². The van der Waals surface area contributed by atoms with Crippen LogP contribution in [0.15, 0.2) is 47.6 Å². The van der Waals surface area contributed by atoms with Crippen molar-refractivity contribution in [3.8, 4) is 6.07 Å². The van der Waals surface area contributed by atoms with Crippen LogP contribution in [0.25, 0.3) is 0 Å². The minimum absolute atomic E-state index is 0.124. The van der Waals surface area contributed by atoms with Crippen molar-refractivity contribution in [2.75, 3.05) is 5.73 Å². The molecule has 1 aromatic carbocycles. The molecule has 1 heterocycles. The number of aromatic nitrogens is 1. The lowest BCUT2D eigenvalue weighted by molar-refractivity contribution is 0.592. The van der Waals surface area contributed by atoms with E-state index in [2.05, 4.69) is 4.98 Å². The highest BCUT2D eigenvalue weighted by molar-refractivity contribution is 7.90. The number of nitriles is 1. The number of nitrogen functional groups attached to an aromatic ring is 1. The van der Waals surface area contributed by atoms with Gasteiger partial charge in [0, 0.05) is 6.20 Å². The summed E-state index contributed by atoms with van der Waals surface area (Å²) in [6, 6.07) is 11.5. The first-order valence-corrected chi connectivity index (χ1v) is 7.10. The summed E-state index contributed by atoms with van der Waals surface area (Å²) in [7, 11) is -3.61. The average Bonchev–Trinajstić information content (AvgIpc) is 2.38. The normalized spacial score (nSPS) is 10.9. The van der Waals surface area contributed by atoms with Crippen LogP contribution in [-0.2, 0) is 15.6 Å². The number of benzene rings is 1. The number of anilines is 1. The number of nitrogens with zero attached hydrogens (tertiary/aromatic N) is 2. The fourth-order valence-corrected chi connectivity index (χ4v) is 3.09. The number of hydrogen-bond donors (Lipinski definition) is 1. The predicted octanol–water partition coefficient (Wildman–Crippen LogP) is 1.51. The van der Waals surface area contributed by atoms with E-state index in [-0.39, 0.29) is 16.5 Å². The molecule has 0 unspecified atom stereocenters. The maximum Gasteiger partial charge on any atom is 0.201 e. The molecule has 0 amide bonds. The molecule has 6 heteroatoms. The minimum Gasteiger partial charge on any atom is -0.396 e. The van der Waals surface area contributed by atoms with Crippen molar-refractivity contribution in [2.24, 2.45) is 0 Å². The SMILES string of the molecule is N#Cc1cccc(CS(=O)(=O)c2ncccc2N)c1. The maximum atomic E-state index is 12.2. The fraction of sp³-hybridized carbons (Fsp3) is 0.0769. The summed E-state index contributed by atoms with van der Waals surface area (Å²) in [4.78, 5) is 3.81. The molecule has 0 aliphatic heterocycles. The Kier molecular flexibility index (Phi) is 3.49. The van der Waals surface area contributed by atoms with E-state index in [4.69, 9.17) is 11.0 Å². The molecule has 0 spiro atoms. The van der Waals surface area contributed by atoms with Crippen LogP contribution in [-0.4, -0.2) is 13.4 Å². The Labute approximate surface area is 111 Å². The standard InChI is InChI=1S/C13H11N3O2S/c14-8-10-3-1-4-11(7-10)9-19(17,18)13-12(15)5-2-6-16-13/h1-7H,9,15H2. The topological polar surface area (TPSA) is 96.8 Å². The van der Waals surface area contributed by atoms with Crippen molar-refractivity contribution in [1.29, 1.82) is 5.26 Å². The molecule has 0 atom stereocenters. The predicted molar refractivity (Wildman–Crippen MR) is 70.7 cm³/mol. The highest BCUT2D eigenvalue weighted by Crippen LogP contribution is 2.20. The van der Waals surface area contributed by atoms with Gasteiger partial charge in [-0.2, -0.15) is 5.26 Å². The van der Waals surface area contributed by atoms with Gasteiger partial charge in [0.2, 0.25) is 9.84 Å². The molecule has 5 nitrogen and oxygen atoms in total. The fourth-order valence-electron chi connectivity index (χ4n) is 1.68. The largest absolute Gasteiger partial charge is 0.396 e. The van der Waals surface area contributed by atoms with Crippen molar-refractivity contribution in [1.82, 2.24) is 4.98 Å². The Hall–Kier alpha value is -2.39. The molecule has 19 heavy (non-hydrogen) atoms. The minimum atomic E-state index is -3.61. The summed E-state index contributed by atoms with van der Waals surface area (Å²) in [6.45, 7) is 0. The second kappa shape index (κ2) is 5.08. The zero-order valence-electron chi connectivity index (χ0n) is 9.95. The number of nitrogens with two attached hydrogens (primary N) is 1. The third kappa shape index (κ3) is 2.89. The van der Waals surface area contributed by atoms with Crippen LogP contribution in [0.4, 0.5) is 5.69 Å². The van der Waals surface area contributed by atoms with Gasteiger partial charge in [-0.15, -0.1) is 0 Å². The monoisotopic (exact) mass is 273 g/mol. The van der Waals surface area contributed by atoms with Gasteiger partial charge in [-0.05, 0) is 29.8 Å². The van der Waals surface area contributed by atoms with Gasteiger partial charge in [0.15, 0.2) is 5.03 Å². The molecule has 0 saturated heterocycles. The third-order valence-electron chi connectivity index (χ3n) is 2.51. The van der Waals surface area contributed by atoms with Gasteiger partial charge in [-0.1, -0.05) is 12.1 Å². The number of rotatable bonds is 3. The van der Waals surface area contributed by atoms with Gasteiger partial charge in [0.25, 0.3) is 0 Å². The second-order valence-corrected chi connectivity index (χ2v) is 5.87. The van der Waals surface area contributed by atoms with E-state index in [1.165, 1.54) is 18.3 Å². The first-order chi connectivity index (χ1) is 9.03. The van der Waals surface area contributed by atoms with Crippen LogP contribution >= 0.6 is 0 Å². The quantitative estimate of drug-likeness (QED) is 0.914. The van der Waals surface area contributed by atoms with Crippen molar-refractivity contribution >= 4 is 15.5 Å². The van der Waals surface area contributed by atoms with E-state index >= 15 is 0 Å². The van der Waals surface area contributed by atoms with E-state index in [1.54, 1.807) is 24.3 Å². The lowest BCUT2D eigenvalue weighted by atomic mass is 10.2. The zero-order chi connectivity index (χ0) is 13.9. The van der Waals surface area contributed by atoms with E-state index in [9.17, 15) is 8.42 Å². The molecule has 0 aliphatic rings. The van der Waals surface area contributed by atoms with Crippen molar-refractivity contribution in [2.45, 2.75) is 10.8 Å². The highest BCUT2D eigenvalue weighted by atomic mass is 32.2. The molecule has 1 aromatic heterocycles. The van der Waals surface area contributed by atoms with E-state index in [0.717, 1.165) is 0 Å². The summed E-state index contributed by atoms with van der Waals surface area (Å²) < 4.78 is 24.4. The summed E-state index contributed by atoms with van der Waals surface area (Å²) in [5.74, 6) is -0.232. The van der Waals surface area contributed by atoms with Crippen LogP contribution in [0.1, 0.15) is 11.1 Å². The summed E-state index contributed by atoms with van der Waals surface area (Å²) in [6.07, 6.45) is 1.38. The number of pyridine rings is 1. The molecular formula is C13H11N3O2S. The maximum absolute atomic E-state index is 12.2. The van der Waals surface area contributed by atoms with Gasteiger partial charge in [-0.3, -0.25) is 0 Å². The Morgan fingerprint density at radius 1 is 1.26 bits per heavy atom. The van der Waals surface area contributed by atoms with Crippen LogP contribution < -0.4 is 5.73 Å². The van der Waals surface area contributed by atoms with Crippen LogP contribution in [0.2, 0.25) is 0 Å². The van der Waals surface area contributed by atoms with Crippen molar-refractivity contribution < 1.29 is 8.42 Å². The number of sulfone groups is 1. The Bertz CT molecular complexity index is 748. The van der Waals surface area contributed by atoms with E-state index in [0.29, 0.717) is 11.1 Å². The van der Waals surface area contributed by atoms with Gasteiger partial charge < -0.3 is 5.73 Å². The van der Waals surface area contributed by atoms with Gasteiger partial charge in [0.1, 0.15) is 0 Å². The summed E-state index contributed by atoms with van der Waals surface area (Å²) >= 11 is 0. The first-order valence-electron chi connectivity index (χ1n) is 5.45. The molecule has 0 fully saturated rings. The lowest BCUT2D eigenvalue weighted by Crippen LogP contribution is -2.10. The van der Waals surface area contributed by atoms with Crippen LogP contribution in [0.5, 0.6) is 0 Å². The molecule has 96 valence electrons. The Morgan fingerprint density at radius 3 is 2.74 bits per heavy atom. The molecule has 2 rings (SSSR count). The first kappa shape index (κ1) is 13.1. The highest BCUT2D eigenvalue weighted by Gasteiger charge is 2.19. The zero-order valence-corrected chi connectivity index (χ0v) is 10.8. The van der Waals surface area contributed by atoms with Crippen LogP contribution in [0.3, 0.4) is 0 Å². The Morgan fingerprint density at radius 2 is 2.05 bits per heavy atom. The van der Waals surface area contributed by atoms with Crippen LogP contribution in [0, 0.1) is 11.3 Å². The molecule has 0 aliphatic carbocycles. The molecule has 0 bridgehead atoms. The average molecular weight is 273 g/mol. The summed E-state index contributed by atoms with van der Waals surface area (Å²) in [5, 5.41) is 8.66. The second-order valence-electron chi connectivity index (χ2n) is 3.97. The van der Waals surface area contributed by atoms with Gasteiger partial charge in [-0.25, -0.2) is 13.4 Å². The number of hydrogen-bond acceptors (Lipinski definition) is 5. The van der Waals surface area contributed by atoms with Gasteiger partial charge >= 0.3 is 0 Å². The van der Waals surface area contributed by atoms with Crippen molar-refractivity contribution in [3.63, 3.8) is 0 Å². The van der Waals surface area contributed by atoms with E-state index < -0.39 is 9.84 Å². The molecule has 0 saturated carbocycles. The molecular weight excluding hydrogens is 262 g/mol. The third-order valence-corrected chi connectivity index (χ3v) is 4.15.